The number of amides is 1. The smallest absolute Gasteiger partial charge is 0.273 e. The average Bonchev–Trinajstić information content (AvgIpc) is 3.14. The van der Waals surface area contributed by atoms with Crippen LogP contribution in [0.2, 0.25) is 5.02 Å². The Hall–Kier alpha value is -2.78. The minimum Gasteiger partial charge on any atom is -0.273 e. The number of halogens is 3. The van der Waals surface area contributed by atoms with E-state index in [0.29, 0.717) is 22.0 Å². The molecule has 10 heteroatoms. The van der Waals surface area contributed by atoms with Gasteiger partial charge in [0.15, 0.2) is 0 Å². The second-order valence-electron chi connectivity index (χ2n) is 6.46. The molecular formula is C20H18ClF2N3O3S. The molecule has 2 aromatic carbocycles. The maximum Gasteiger partial charge on any atom is 0.282 e. The second kappa shape index (κ2) is 8.53. The van der Waals surface area contributed by atoms with Gasteiger partial charge in [-0.2, -0.15) is 5.10 Å². The van der Waals surface area contributed by atoms with E-state index >= 15 is 0 Å². The Labute approximate surface area is 177 Å². The lowest BCUT2D eigenvalue weighted by Crippen LogP contribution is -2.35. The van der Waals surface area contributed by atoms with Crippen molar-refractivity contribution in [1.82, 2.24) is 9.78 Å². The molecule has 1 amide bonds. The topological polar surface area (TPSA) is 72.3 Å². The van der Waals surface area contributed by atoms with Crippen molar-refractivity contribution in [3.8, 4) is 16.9 Å². The summed E-state index contributed by atoms with van der Waals surface area (Å²) in [7, 11) is -3.81. The molecule has 0 fully saturated rings. The van der Waals surface area contributed by atoms with Gasteiger partial charge in [0.05, 0.1) is 23.3 Å². The Kier molecular flexibility index (Phi) is 6.23. The number of hydrogen-bond acceptors (Lipinski definition) is 4. The molecule has 0 N–H and O–H groups in total. The summed E-state index contributed by atoms with van der Waals surface area (Å²) in [6.45, 7) is 1.56. The summed E-state index contributed by atoms with van der Waals surface area (Å²) < 4.78 is 52.7. The summed E-state index contributed by atoms with van der Waals surface area (Å²) >= 11 is 5.90. The van der Waals surface area contributed by atoms with Crippen molar-refractivity contribution in [1.29, 1.82) is 0 Å². The largest absolute Gasteiger partial charge is 0.282 e. The summed E-state index contributed by atoms with van der Waals surface area (Å²) in [5.41, 5.74) is 1.20. The predicted molar refractivity (Wildman–Crippen MR) is 112 cm³/mol. The average molecular weight is 454 g/mol. The third kappa shape index (κ3) is 4.52. The van der Waals surface area contributed by atoms with Crippen LogP contribution < -0.4 is 4.31 Å². The molecule has 0 spiro atoms. The maximum absolute atomic E-state index is 13.3. The molecule has 1 aromatic heterocycles. The maximum atomic E-state index is 13.3. The van der Waals surface area contributed by atoms with Crippen LogP contribution in [0.25, 0.3) is 16.9 Å². The monoisotopic (exact) mass is 453 g/mol. The number of carbonyl (C=O) groups is 1. The summed E-state index contributed by atoms with van der Waals surface area (Å²) in [4.78, 5) is 12.1. The van der Waals surface area contributed by atoms with Crippen molar-refractivity contribution in [3.63, 3.8) is 0 Å². The van der Waals surface area contributed by atoms with Crippen LogP contribution in [-0.4, -0.2) is 30.4 Å². The first kappa shape index (κ1) is 21.9. The number of anilines is 1. The zero-order valence-electron chi connectivity index (χ0n) is 16.1. The molecule has 0 aliphatic rings. The van der Waals surface area contributed by atoms with E-state index in [1.165, 1.54) is 22.9 Å². The molecule has 0 aliphatic carbocycles. The van der Waals surface area contributed by atoms with Crippen LogP contribution in [0.3, 0.4) is 0 Å². The van der Waals surface area contributed by atoms with Crippen LogP contribution in [0.5, 0.6) is 0 Å². The lowest BCUT2D eigenvalue weighted by atomic mass is 10.1. The highest BCUT2D eigenvalue weighted by Gasteiger charge is 2.24. The summed E-state index contributed by atoms with van der Waals surface area (Å²) in [6.07, 6.45) is -1.81. The van der Waals surface area contributed by atoms with Gasteiger partial charge in [0.1, 0.15) is 5.69 Å². The molecular weight excluding hydrogens is 436 g/mol. The van der Waals surface area contributed by atoms with Crippen LogP contribution in [0.1, 0.15) is 25.5 Å². The highest BCUT2D eigenvalue weighted by atomic mass is 35.5. The second-order valence-corrected chi connectivity index (χ2v) is 8.73. The highest BCUT2D eigenvalue weighted by Crippen LogP contribution is 2.30. The fourth-order valence-corrected chi connectivity index (χ4v) is 4.05. The number of hydrogen-bond donors (Lipinski definition) is 0. The van der Waals surface area contributed by atoms with Gasteiger partial charge in [0, 0.05) is 17.0 Å². The number of nitrogens with zero attached hydrogens (tertiary/aromatic N) is 3. The van der Waals surface area contributed by atoms with Crippen molar-refractivity contribution >= 4 is 33.2 Å². The Morgan fingerprint density at radius 1 is 1.13 bits per heavy atom. The normalized spacial score (nSPS) is 11.7. The molecule has 3 aromatic rings. The van der Waals surface area contributed by atoms with Crippen LogP contribution >= 0.6 is 11.6 Å². The van der Waals surface area contributed by atoms with Crippen LogP contribution in [-0.2, 0) is 14.8 Å². The van der Waals surface area contributed by atoms with Gasteiger partial charge >= 0.3 is 0 Å². The number of carbonyl (C=O) groups excluding carboxylic acids is 1. The van der Waals surface area contributed by atoms with Gasteiger partial charge in [-0.1, -0.05) is 30.7 Å². The molecule has 3 rings (SSSR count). The lowest BCUT2D eigenvalue weighted by molar-refractivity contribution is -0.117. The van der Waals surface area contributed by atoms with E-state index in [1.807, 2.05) is 0 Å². The quantitative estimate of drug-likeness (QED) is 0.535. The van der Waals surface area contributed by atoms with Gasteiger partial charge in [-0.05, 0) is 42.5 Å². The first-order chi connectivity index (χ1) is 14.1. The van der Waals surface area contributed by atoms with E-state index in [1.54, 1.807) is 43.3 Å². The minimum atomic E-state index is -3.81. The van der Waals surface area contributed by atoms with Crippen molar-refractivity contribution in [2.45, 2.75) is 19.8 Å². The Morgan fingerprint density at radius 2 is 1.73 bits per heavy atom. The molecule has 0 saturated carbocycles. The van der Waals surface area contributed by atoms with E-state index in [0.717, 1.165) is 10.6 Å². The SMILES string of the molecule is CCC(=O)N(c1ccc(-c2cc(C(F)F)nn2-c2ccc(Cl)cc2)cc1)S(C)(=O)=O. The highest BCUT2D eigenvalue weighted by molar-refractivity contribution is 7.92. The van der Waals surface area contributed by atoms with Crippen molar-refractivity contribution in [2.75, 3.05) is 10.6 Å². The Morgan fingerprint density at radius 3 is 2.23 bits per heavy atom. The van der Waals surface area contributed by atoms with E-state index in [4.69, 9.17) is 11.6 Å². The van der Waals surface area contributed by atoms with Crippen LogP contribution in [0, 0.1) is 0 Å². The van der Waals surface area contributed by atoms with E-state index < -0.39 is 28.0 Å². The first-order valence-corrected chi connectivity index (χ1v) is 11.1. The van der Waals surface area contributed by atoms with E-state index in [9.17, 15) is 22.0 Å². The van der Waals surface area contributed by atoms with Gasteiger partial charge < -0.3 is 0 Å². The minimum absolute atomic E-state index is 0.00983. The molecule has 30 heavy (non-hydrogen) atoms. The van der Waals surface area contributed by atoms with Gasteiger partial charge in [-0.3, -0.25) is 4.79 Å². The molecule has 1 heterocycles. The summed E-state index contributed by atoms with van der Waals surface area (Å²) in [5.74, 6) is -0.573. The van der Waals surface area contributed by atoms with Gasteiger partial charge in [0.2, 0.25) is 15.9 Å². The molecule has 0 radical (unpaired) electrons. The summed E-state index contributed by atoms with van der Waals surface area (Å²) in [6, 6.07) is 13.8. The summed E-state index contributed by atoms with van der Waals surface area (Å²) in [5, 5.41) is 4.48. The molecule has 0 atom stereocenters. The molecule has 0 unspecified atom stereocenters. The number of rotatable bonds is 6. The fourth-order valence-electron chi connectivity index (χ4n) is 2.92. The number of aromatic nitrogens is 2. The van der Waals surface area contributed by atoms with Gasteiger partial charge in [-0.15, -0.1) is 0 Å². The molecule has 158 valence electrons. The predicted octanol–water partition coefficient (Wildman–Crippen LogP) is 4.83. The molecule has 0 aliphatic heterocycles. The van der Waals surface area contributed by atoms with Crippen LogP contribution in [0.15, 0.2) is 54.6 Å². The number of alkyl halides is 2. The molecule has 6 nitrogen and oxygen atoms in total. The number of sulfonamides is 1. The molecule has 0 bridgehead atoms. The van der Waals surface area contributed by atoms with Crippen molar-refractivity contribution < 1.29 is 22.0 Å². The fraction of sp³-hybridized carbons (Fsp3) is 0.200. The first-order valence-electron chi connectivity index (χ1n) is 8.89. The zero-order chi connectivity index (χ0) is 22.1. The van der Waals surface area contributed by atoms with Gasteiger partial charge in [-0.25, -0.2) is 26.2 Å². The van der Waals surface area contributed by atoms with Gasteiger partial charge in [0.25, 0.3) is 6.43 Å². The van der Waals surface area contributed by atoms with Crippen molar-refractivity contribution in [3.05, 3.63) is 65.3 Å². The Balaban J connectivity index is 2.08. The van der Waals surface area contributed by atoms with Crippen molar-refractivity contribution in [2.24, 2.45) is 0 Å². The number of benzene rings is 2. The molecule has 0 saturated heterocycles. The third-order valence-electron chi connectivity index (χ3n) is 4.28. The Bertz CT molecular complexity index is 1160. The third-order valence-corrected chi connectivity index (χ3v) is 5.61. The zero-order valence-corrected chi connectivity index (χ0v) is 17.7. The lowest BCUT2D eigenvalue weighted by Gasteiger charge is -2.20. The van der Waals surface area contributed by atoms with E-state index in [-0.39, 0.29) is 12.1 Å². The standard InChI is InChI=1S/C20H18ClF2N3O3S/c1-3-19(27)26(30(2,28)29)16-8-4-13(5-9-16)18-12-17(20(22)23)24-25(18)15-10-6-14(21)7-11-15/h4-12,20H,3H2,1-2H3. The van der Waals surface area contributed by atoms with E-state index in [2.05, 4.69) is 5.10 Å². The van der Waals surface area contributed by atoms with Crippen LogP contribution in [0.4, 0.5) is 14.5 Å².